The lowest BCUT2D eigenvalue weighted by Gasteiger charge is -2.10. The van der Waals surface area contributed by atoms with Crippen molar-refractivity contribution >= 4 is 5.88 Å². The highest BCUT2D eigenvalue weighted by atomic mass is 16.5. The third-order valence-electron chi connectivity index (χ3n) is 3.92. The van der Waals surface area contributed by atoms with Gasteiger partial charge >= 0.3 is 0 Å². The summed E-state index contributed by atoms with van der Waals surface area (Å²) in [6.45, 7) is 4.31. The molecule has 1 fully saturated rings. The number of nitrogens with zero attached hydrogens (tertiary/aromatic N) is 1. The molecule has 2 N–H and O–H groups in total. The molecule has 1 heterocycles. The molecule has 94 valence electrons. The molecule has 18 heavy (non-hydrogen) atoms. The van der Waals surface area contributed by atoms with E-state index in [1.54, 1.807) is 0 Å². The monoisotopic (exact) mass is 242 g/mol. The lowest BCUT2D eigenvalue weighted by Crippen LogP contribution is -1.99. The third-order valence-corrected chi connectivity index (χ3v) is 3.92. The van der Waals surface area contributed by atoms with Gasteiger partial charge in [-0.2, -0.15) is 0 Å². The maximum atomic E-state index is 5.97. The van der Waals surface area contributed by atoms with Crippen LogP contribution >= 0.6 is 0 Å². The minimum absolute atomic E-state index is 0.431. The van der Waals surface area contributed by atoms with E-state index in [0.717, 1.165) is 22.7 Å². The van der Waals surface area contributed by atoms with E-state index in [-0.39, 0.29) is 0 Å². The second-order valence-corrected chi connectivity index (χ2v) is 5.25. The van der Waals surface area contributed by atoms with Gasteiger partial charge in [-0.25, -0.2) is 0 Å². The fourth-order valence-corrected chi connectivity index (χ4v) is 2.57. The van der Waals surface area contributed by atoms with Crippen LogP contribution in [-0.4, -0.2) is 5.16 Å². The first-order chi connectivity index (χ1) is 8.68. The summed E-state index contributed by atoms with van der Waals surface area (Å²) in [6, 6.07) is 8.24. The molecule has 0 spiro atoms. The molecule has 3 nitrogen and oxygen atoms in total. The van der Waals surface area contributed by atoms with Crippen molar-refractivity contribution in [2.75, 3.05) is 5.73 Å². The maximum Gasteiger partial charge on any atom is 0.230 e. The van der Waals surface area contributed by atoms with Gasteiger partial charge < -0.3 is 10.3 Å². The molecule has 1 aromatic heterocycles. The zero-order chi connectivity index (χ0) is 12.7. The molecular weight excluding hydrogens is 224 g/mol. The number of hydrogen-bond acceptors (Lipinski definition) is 3. The van der Waals surface area contributed by atoms with Crippen LogP contribution in [0, 0.1) is 12.8 Å². The van der Waals surface area contributed by atoms with E-state index in [0.29, 0.717) is 11.8 Å². The van der Waals surface area contributed by atoms with E-state index in [1.807, 2.05) is 12.1 Å². The van der Waals surface area contributed by atoms with Crippen LogP contribution in [-0.2, 0) is 0 Å². The summed E-state index contributed by atoms with van der Waals surface area (Å²) in [7, 11) is 0. The molecule has 3 heteroatoms. The molecule has 3 rings (SSSR count). The van der Waals surface area contributed by atoms with Crippen molar-refractivity contribution in [3.8, 4) is 11.1 Å². The van der Waals surface area contributed by atoms with E-state index in [4.69, 9.17) is 10.3 Å². The Morgan fingerprint density at radius 1 is 1.33 bits per heavy atom. The Labute approximate surface area is 107 Å². The molecule has 1 aliphatic rings. The topological polar surface area (TPSA) is 52.0 Å². The van der Waals surface area contributed by atoms with Crippen molar-refractivity contribution in [2.24, 2.45) is 5.92 Å². The highest BCUT2D eigenvalue weighted by Crippen LogP contribution is 2.46. The van der Waals surface area contributed by atoms with E-state index in [2.05, 4.69) is 31.1 Å². The summed E-state index contributed by atoms with van der Waals surface area (Å²) in [4.78, 5) is 0. The van der Waals surface area contributed by atoms with Crippen LogP contribution in [0.2, 0.25) is 0 Å². The van der Waals surface area contributed by atoms with Gasteiger partial charge in [-0.15, -0.1) is 0 Å². The SMILES string of the molecule is Cc1ccccc1-c1c(C(C)C2CC2)noc1N. The van der Waals surface area contributed by atoms with Gasteiger partial charge in [0, 0.05) is 5.92 Å². The summed E-state index contributed by atoms with van der Waals surface area (Å²) in [5.74, 6) is 1.62. The van der Waals surface area contributed by atoms with Crippen molar-refractivity contribution in [3.63, 3.8) is 0 Å². The number of aromatic nitrogens is 1. The van der Waals surface area contributed by atoms with Crippen LogP contribution in [0.25, 0.3) is 11.1 Å². The molecule has 1 unspecified atom stereocenters. The zero-order valence-electron chi connectivity index (χ0n) is 10.8. The Morgan fingerprint density at radius 3 is 2.72 bits per heavy atom. The van der Waals surface area contributed by atoms with Gasteiger partial charge in [0.1, 0.15) is 0 Å². The van der Waals surface area contributed by atoms with Crippen molar-refractivity contribution in [2.45, 2.75) is 32.6 Å². The Bertz CT molecular complexity index is 570. The summed E-state index contributed by atoms with van der Waals surface area (Å²) in [5.41, 5.74) is 10.3. The summed E-state index contributed by atoms with van der Waals surface area (Å²) in [5, 5.41) is 4.19. The van der Waals surface area contributed by atoms with Crippen molar-refractivity contribution in [3.05, 3.63) is 35.5 Å². The minimum Gasteiger partial charge on any atom is -0.367 e. The Kier molecular flexibility index (Phi) is 2.62. The highest BCUT2D eigenvalue weighted by Gasteiger charge is 2.33. The fraction of sp³-hybridized carbons (Fsp3) is 0.400. The normalized spacial score (nSPS) is 16.8. The smallest absolute Gasteiger partial charge is 0.230 e. The Balaban J connectivity index is 2.11. The first-order valence-corrected chi connectivity index (χ1v) is 6.49. The standard InChI is InChI=1S/C15H18N2O/c1-9-5-3-4-6-12(9)13-14(17-18-15(13)16)10(2)11-7-8-11/h3-6,10-11H,7-8,16H2,1-2H3. The first-order valence-electron chi connectivity index (χ1n) is 6.49. The van der Waals surface area contributed by atoms with Gasteiger partial charge in [-0.05, 0) is 36.8 Å². The quantitative estimate of drug-likeness (QED) is 0.891. The molecule has 0 radical (unpaired) electrons. The average molecular weight is 242 g/mol. The summed E-state index contributed by atoms with van der Waals surface area (Å²) < 4.78 is 5.23. The number of rotatable bonds is 3. The molecule has 1 saturated carbocycles. The van der Waals surface area contributed by atoms with E-state index < -0.39 is 0 Å². The maximum absolute atomic E-state index is 5.97. The zero-order valence-corrected chi connectivity index (χ0v) is 10.8. The predicted octanol–water partition coefficient (Wildman–Crippen LogP) is 3.75. The van der Waals surface area contributed by atoms with Crippen molar-refractivity contribution in [1.29, 1.82) is 0 Å². The molecule has 0 bridgehead atoms. The van der Waals surface area contributed by atoms with Crippen LogP contribution in [0.5, 0.6) is 0 Å². The fourth-order valence-electron chi connectivity index (χ4n) is 2.57. The number of nitrogens with two attached hydrogens (primary N) is 1. The number of anilines is 1. The van der Waals surface area contributed by atoms with E-state index in [1.165, 1.54) is 18.4 Å². The van der Waals surface area contributed by atoms with Gasteiger partial charge in [0.25, 0.3) is 0 Å². The van der Waals surface area contributed by atoms with Crippen LogP contribution in [0.4, 0.5) is 5.88 Å². The number of aryl methyl sites for hydroxylation is 1. The van der Waals surface area contributed by atoms with Crippen molar-refractivity contribution in [1.82, 2.24) is 5.16 Å². The summed E-state index contributed by atoms with van der Waals surface area (Å²) in [6.07, 6.45) is 2.59. The van der Waals surface area contributed by atoms with Crippen LogP contribution < -0.4 is 5.73 Å². The van der Waals surface area contributed by atoms with Crippen molar-refractivity contribution < 1.29 is 4.52 Å². The van der Waals surface area contributed by atoms with Gasteiger partial charge in [-0.3, -0.25) is 0 Å². The Hall–Kier alpha value is -1.77. The molecule has 1 atom stereocenters. The number of nitrogen functional groups attached to an aromatic ring is 1. The Morgan fingerprint density at radius 2 is 2.06 bits per heavy atom. The first kappa shape index (κ1) is 11.3. The molecular formula is C15H18N2O. The van der Waals surface area contributed by atoms with Gasteiger partial charge in [-0.1, -0.05) is 36.3 Å². The number of benzene rings is 1. The van der Waals surface area contributed by atoms with Gasteiger partial charge in [0.15, 0.2) is 0 Å². The molecule has 0 aliphatic heterocycles. The largest absolute Gasteiger partial charge is 0.367 e. The van der Waals surface area contributed by atoms with Gasteiger partial charge in [0.05, 0.1) is 11.3 Å². The second-order valence-electron chi connectivity index (χ2n) is 5.25. The van der Waals surface area contributed by atoms with Gasteiger partial charge in [0.2, 0.25) is 5.88 Å². The average Bonchev–Trinajstić information content (AvgIpc) is 3.14. The summed E-state index contributed by atoms with van der Waals surface area (Å²) >= 11 is 0. The molecule has 1 aliphatic carbocycles. The lowest BCUT2D eigenvalue weighted by molar-refractivity contribution is 0.417. The van der Waals surface area contributed by atoms with E-state index >= 15 is 0 Å². The second kappa shape index (κ2) is 4.16. The van der Waals surface area contributed by atoms with Crippen LogP contribution in [0.3, 0.4) is 0 Å². The number of hydrogen-bond donors (Lipinski definition) is 1. The van der Waals surface area contributed by atoms with Crippen LogP contribution in [0.15, 0.2) is 28.8 Å². The predicted molar refractivity (Wildman–Crippen MR) is 72.2 cm³/mol. The molecule has 2 aromatic rings. The third kappa shape index (κ3) is 1.80. The molecule has 1 aromatic carbocycles. The minimum atomic E-state index is 0.431. The lowest BCUT2D eigenvalue weighted by atomic mass is 9.93. The molecule has 0 saturated heterocycles. The van der Waals surface area contributed by atoms with E-state index in [9.17, 15) is 0 Å². The highest BCUT2D eigenvalue weighted by molar-refractivity contribution is 5.77. The molecule has 0 amide bonds. The van der Waals surface area contributed by atoms with Crippen LogP contribution in [0.1, 0.15) is 36.9 Å².